The number of nitrogens with one attached hydrogen (secondary N) is 1. The first-order valence-corrected chi connectivity index (χ1v) is 9.86. The number of hydrogen-bond donors (Lipinski definition) is 3. The summed E-state index contributed by atoms with van der Waals surface area (Å²) in [6.45, 7) is 3.27. The van der Waals surface area contributed by atoms with Crippen molar-refractivity contribution in [3.8, 4) is 5.69 Å². The van der Waals surface area contributed by atoms with E-state index >= 15 is 0 Å². The summed E-state index contributed by atoms with van der Waals surface area (Å²) in [5.41, 5.74) is 5.97. The molecule has 4 aromatic rings. The van der Waals surface area contributed by atoms with Gasteiger partial charge in [-0.3, -0.25) is 4.79 Å². The zero-order chi connectivity index (χ0) is 24.0. The molecule has 2 aromatic heterocycles. The Kier molecular flexibility index (Phi) is 5.68. The molecule has 0 radical (unpaired) electrons. The molecule has 0 saturated carbocycles. The Hall–Kier alpha value is -3.70. The minimum Gasteiger partial charge on any atom is -0.382 e. The van der Waals surface area contributed by atoms with Gasteiger partial charge in [0.15, 0.2) is 17.7 Å². The van der Waals surface area contributed by atoms with Gasteiger partial charge >= 0.3 is 0 Å². The molecule has 2 heterocycles. The lowest BCUT2D eigenvalue weighted by atomic mass is 10.1. The number of aliphatic hydroxyl groups is 1. The number of anilines is 2. The summed E-state index contributed by atoms with van der Waals surface area (Å²) in [7, 11) is 0. The van der Waals surface area contributed by atoms with Crippen molar-refractivity contribution in [1.82, 2.24) is 19.7 Å². The van der Waals surface area contributed by atoms with E-state index in [0.29, 0.717) is 17.0 Å². The second-order valence-electron chi connectivity index (χ2n) is 7.23. The molecule has 0 saturated heterocycles. The van der Waals surface area contributed by atoms with Crippen molar-refractivity contribution in [3.63, 3.8) is 0 Å². The third kappa shape index (κ3) is 4.20. The van der Waals surface area contributed by atoms with Gasteiger partial charge in [0.1, 0.15) is 34.2 Å². The normalized spacial score (nSPS) is 12.2. The fourth-order valence-corrected chi connectivity index (χ4v) is 3.58. The second kappa shape index (κ2) is 8.34. The minimum atomic E-state index is -1.88. The van der Waals surface area contributed by atoms with Crippen LogP contribution in [0.25, 0.3) is 16.7 Å². The fraction of sp³-hybridized carbons (Fsp3) is 0.143. The molecule has 1 unspecified atom stereocenters. The van der Waals surface area contributed by atoms with E-state index in [1.165, 1.54) is 6.07 Å². The van der Waals surface area contributed by atoms with Crippen LogP contribution < -0.4 is 11.1 Å². The number of halogens is 4. The summed E-state index contributed by atoms with van der Waals surface area (Å²) in [6, 6.07) is 4.59. The number of aryl methyl sites for hydroxylation is 2. The smallest absolute Gasteiger partial charge is 0.257 e. The number of aromatic nitrogens is 4. The van der Waals surface area contributed by atoms with Gasteiger partial charge in [-0.2, -0.15) is 5.10 Å². The number of carbonyl (C=O) groups excluding carboxylic acids is 1. The van der Waals surface area contributed by atoms with E-state index in [-0.39, 0.29) is 27.6 Å². The number of amides is 1. The summed E-state index contributed by atoms with van der Waals surface area (Å²) < 4.78 is 44.3. The highest BCUT2D eigenvalue weighted by Crippen LogP contribution is 2.29. The van der Waals surface area contributed by atoms with Crippen molar-refractivity contribution >= 4 is 40.0 Å². The number of hydrogen-bond acceptors (Lipinski definition) is 6. The molecule has 1 atom stereocenters. The monoisotopic (exact) mass is 476 g/mol. The maximum atomic E-state index is 15.0. The first-order valence-electron chi connectivity index (χ1n) is 9.49. The number of rotatable bonds is 4. The predicted molar refractivity (Wildman–Crippen MR) is 115 cm³/mol. The van der Waals surface area contributed by atoms with Crippen molar-refractivity contribution < 1.29 is 23.1 Å². The van der Waals surface area contributed by atoms with Gasteiger partial charge in [0.05, 0.1) is 11.4 Å². The Labute approximate surface area is 189 Å². The molecule has 8 nitrogen and oxygen atoms in total. The summed E-state index contributed by atoms with van der Waals surface area (Å²) in [4.78, 5) is 20.6. The van der Waals surface area contributed by atoms with E-state index in [1.807, 2.05) is 0 Å². The summed E-state index contributed by atoms with van der Waals surface area (Å²) >= 11 is 5.73. The van der Waals surface area contributed by atoms with Crippen molar-refractivity contribution in [2.24, 2.45) is 0 Å². The number of carbonyl (C=O) groups is 1. The standard InChI is InChI=1S/C21H16ClF3N6O2/c1-8-17-18(20(26)28-9(2)27-17)31(30-8)16-7-13(24)15(6-14(16)25)29-21(33)19(32)10-3-11(22)5-12(23)4-10/h3-7,19,32H,1-2H3,(H,29,33)(H2,26,27,28). The number of nitrogen functional groups attached to an aromatic ring is 1. The van der Waals surface area contributed by atoms with Gasteiger partial charge in [-0.25, -0.2) is 27.8 Å². The number of fused-ring (bicyclic) bond motifs is 1. The van der Waals surface area contributed by atoms with Crippen LogP contribution in [-0.4, -0.2) is 30.8 Å². The van der Waals surface area contributed by atoms with Crippen LogP contribution in [0.15, 0.2) is 30.3 Å². The Balaban J connectivity index is 1.69. The molecule has 2 aromatic carbocycles. The van der Waals surface area contributed by atoms with Crippen LogP contribution in [0.4, 0.5) is 24.7 Å². The molecular formula is C21H16ClF3N6O2. The molecular weight excluding hydrogens is 461 g/mol. The topological polar surface area (TPSA) is 119 Å². The zero-order valence-corrected chi connectivity index (χ0v) is 18.0. The summed E-state index contributed by atoms with van der Waals surface area (Å²) in [5, 5.41) is 16.4. The molecule has 12 heteroatoms. The quantitative estimate of drug-likeness (QED) is 0.412. The zero-order valence-electron chi connectivity index (χ0n) is 17.2. The van der Waals surface area contributed by atoms with Gasteiger partial charge in [0.25, 0.3) is 5.91 Å². The lowest BCUT2D eigenvalue weighted by Crippen LogP contribution is -2.22. The predicted octanol–water partition coefficient (Wildman–Crippen LogP) is 3.76. The molecule has 33 heavy (non-hydrogen) atoms. The van der Waals surface area contributed by atoms with Gasteiger partial charge in [-0.05, 0) is 37.6 Å². The van der Waals surface area contributed by atoms with Gasteiger partial charge in [0, 0.05) is 17.2 Å². The van der Waals surface area contributed by atoms with E-state index < -0.39 is 35.2 Å². The van der Waals surface area contributed by atoms with E-state index in [4.69, 9.17) is 17.3 Å². The molecule has 1 amide bonds. The first-order chi connectivity index (χ1) is 15.5. The average molecular weight is 477 g/mol. The van der Waals surface area contributed by atoms with E-state index in [9.17, 15) is 23.1 Å². The number of nitrogens with two attached hydrogens (primary N) is 1. The van der Waals surface area contributed by atoms with Crippen LogP contribution in [0.5, 0.6) is 0 Å². The molecule has 0 aliphatic carbocycles. The molecule has 4 rings (SSSR count). The highest BCUT2D eigenvalue weighted by atomic mass is 35.5. The average Bonchev–Trinajstić information content (AvgIpc) is 3.05. The van der Waals surface area contributed by atoms with Gasteiger partial charge < -0.3 is 16.2 Å². The Morgan fingerprint density at radius 3 is 2.55 bits per heavy atom. The molecule has 0 aliphatic heterocycles. The van der Waals surface area contributed by atoms with Crippen LogP contribution in [0, 0.1) is 31.3 Å². The van der Waals surface area contributed by atoms with Crippen molar-refractivity contribution in [2.75, 3.05) is 11.1 Å². The highest BCUT2D eigenvalue weighted by Gasteiger charge is 2.23. The lowest BCUT2D eigenvalue weighted by Gasteiger charge is -2.14. The lowest BCUT2D eigenvalue weighted by molar-refractivity contribution is -0.124. The van der Waals surface area contributed by atoms with E-state index in [2.05, 4.69) is 20.4 Å². The van der Waals surface area contributed by atoms with Crippen molar-refractivity contribution in [2.45, 2.75) is 20.0 Å². The van der Waals surface area contributed by atoms with Crippen LogP contribution in [0.1, 0.15) is 23.2 Å². The van der Waals surface area contributed by atoms with Gasteiger partial charge in [0.2, 0.25) is 0 Å². The fourth-order valence-electron chi connectivity index (χ4n) is 3.35. The van der Waals surface area contributed by atoms with E-state index in [1.54, 1.807) is 13.8 Å². The van der Waals surface area contributed by atoms with E-state index in [0.717, 1.165) is 28.9 Å². The highest BCUT2D eigenvalue weighted by molar-refractivity contribution is 6.30. The Morgan fingerprint density at radius 1 is 1.12 bits per heavy atom. The Morgan fingerprint density at radius 2 is 1.85 bits per heavy atom. The number of nitrogens with zero attached hydrogens (tertiary/aromatic N) is 4. The van der Waals surface area contributed by atoms with Gasteiger partial charge in [-0.15, -0.1) is 0 Å². The van der Waals surface area contributed by atoms with Crippen LogP contribution >= 0.6 is 11.6 Å². The molecule has 0 bridgehead atoms. The number of aliphatic hydroxyl groups excluding tert-OH is 1. The maximum Gasteiger partial charge on any atom is 0.257 e. The molecule has 0 aliphatic rings. The van der Waals surface area contributed by atoms with Crippen molar-refractivity contribution in [3.05, 3.63) is 69.9 Å². The third-order valence-corrected chi connectivity index (χ3v) is 5.02. The first kappa shape index (κ1) is 22.5. The van der Waals surface area contributed by atoms with Crippen LogP contribution in [-0.2, 0) is 4.79 Å². The number of benzene rings is 2. The largest absolute Gasteiger partial charge is 0.382 e. The molecule has 4 N–H and O–H groups in total. The van der Waals surface area contributed by atoms with Crippen molar-refractivity contribution in [1.29, 1.82) is 0 Å². The third-order valence-electron chi connectivity index (χ3n) is 4.80. The summed E-state index contributed by atoms with van der Waals surface area (Å²) in [5.74, 6) is -3.42. The molecule has 170 valence electrons. The maximum absolute atomic E-state index is 15.0. The van der Waals surface area contributed by atoms with Gasteiger partial charge in [-0.1, -0.05) is 11.6 Å². The summed E-state index contributed by atoms with van der Waals surface area (Å²) in [6.07, 6.45) is -1.88. The molecule has 0 fully saturated rings. The SMILES string of the molecule is Cc1nc(N)c2c(n1)c(C)nn2-c1cc(F)c(NC(=O)C(O)c2cc(F)cc(Cl)c2)cc1F. The Bertz CT molecular complexity index is 1410. The van der Waals surface area contributed by atoms with Crippen LogP contribution in [0.3, 0.4) is 0 Å². The molecule has 0 spiro atoms. The second-order valence-corrected chi connectivity index (χ2v) is 7.66. The minimum absolute atomic E-state index is 0.0344. The van der Waals surface area contributed by atoms with Crippen LogP contribution in [0.2, 0.25) is 5.02 Å².